The second-order valence-electron chi connectivity index (χ2n) is 3.81. The highest BCUT2D eigenvalue weighted by atomic mass is 35.5. The number of rotatable bonds is 4. The van der Waals surface area contributed by atoms with Crippen molar-refractivity contribution in [3.8, 4) is 0 Å². The van der Waals surface area contributed by atoms with Crippen molar-refractivity contribution in [2.75, 3.05) is 11.9 Å². The van der Waals surface area contributed by atoms with Crippen LogP contribution in [0.25, 0.3) is 0 Å². The Morgan fingerprint density at radius 2 is 2.12 bits per heavy atom. The molecule has 2 heterocycles. The highest BCUT2D eigenvalue weighted by Crippen LogP contribution is 2.21. The van der Waals surface area contributed by atoms with Crippen LogP contribution in [0.1, 0.15) is 16.3 Å². The maximum atomic E-state index is 5.87. The molecule has 1 N–H and O–H groups in total. The van der Waals surface area contributed by atoms with E-state index in [1.54, 1.807) is 17.5 Å². The molecule has 0 amide bonds. The second kappa shape index (κ2) is 5.47. The molecular weight excluding hydrogens is 254 g/mol. The van der Waals surface area contributed by atoms with E-state index in [9.17, 15) is 0 Å². The van der Waals surface area contributed by atoms with Crippen LogP contribution in [-0.4, -0.2) is 16.5 Å². The number of hydrogen-bond donors (Lipinski definition) is 1. The lowest BCUT2D eigenvalue weighted by Gasteiger charge is -2.06. The first-order valence-corrected chi connectivity index (χ1v) is 6.63. The topological polar surface area (TPSA) is 37.8 Å². The van der Waals surface area contributed by atoms with E-state index in [1.807, 2.05) is 19.9 Å². The number of hydrogen-bond acceptors (Lipinski definition) is 4. The molecule has 3 nitrogen and oxygen atoms in total. The van der Waals surface area contributed by atoms with E-state index in [4.69, 9.17) is 11.6 Å². The molecule has 0 saturated carbocycles. The zero-order chi connectivity index (χ0) is 12.3. The van der Waals surface area contributed by atoms with Crippen molar-refractivity contribution in [3.05, 3.63) is 38.9 Å². The summed E-state index contributed by atoms with van der Waals surface area (Å²) < 4.78 is 0.839. The molecule has 2 rings (SSSR count). The second-order valence-corrected chi connectivity index (χ2v) is 5.61. The minimum absolute atomic E-state index is 0.829. The summed E-state index contributed by atoms with van der Waals surface area (Å²) in [5.41, 5.74) is 1.94. The Morgan fingerprint density at radius 1 is 1.29 bits per heavy atom. The van der Waals surface area contributed by atoms with Crippen LogP contribution in [0.4, 0.5) is 5.82 Å². The molecule has 0 aliphatic heterocycles. The summed E-state index contributed by atoms with van der Waals surface area (Å²) in [6, 6.07) is 3.98. The minimum atomic E-state index is 0.829. The lowest BCUT2D eigenvalue weighted by Crippen LogP contribution is -2.07. The molecule has 0 aliphatic rings. The summed E-state index contributed by atoms with van der Waals surface area (Å²) in [7, 11) is 0. The third-order valence-corrected chi connectivity index (χ3v) is 3.79. The number of thiophene rings is 1. The fourth-order valence-corrected chi connectivity index (χ4v) is 2.51. The Morgan fingerprint density at radius 3 is 2.76 bits per heavy atom. The van der Waals surface area contributed by atoms with Gasteiger partial charge in [0.25, 0.3) is 0 Å². The van der Waals surface area contributed by atoms with Gasteiger partial charge in [0.1, 0.15) is 5.82 Å². The van der Waals surface area contributed by atoms with E-state index in [2.05, 4.69) is 21.4 Å². The summed E-state index contributed by atoms with van der Waals surface area (Å²) in [5.74, 6) is 0.829. The molecule has 0 bridgehead atoms. The Labute approximate surface area is 110 Å². The predicted molar refractivity (Wildman–Crippen MR) is 73.0 cm³/mol. The highest BCUT2D eigenvalue weighted by Gasteiger charge is 2.00. The third kappa shape index (κ3) is 3.41. The van der Waals surface area contributed by atoms with Gasteiger partial charge in [-0.25, -0.2) is 4.98 Å². The number of aromatic nitrogens is 2. The van der Waals surface area contributed by atoms with E-state index < -0.39 is 0 Å². The first-order valence-electron chi connectivity index (χ1n) is 5.43. The van der Waals surface area contributed by atoms with Gasteiger partial charge in [0.2, 0.25) is 0 Å². The number of nitrogens with zero attached hydrogens (tertiary/aromatic N) is 2. The molecule has 0 aromatic carbocycles. The van der Waals surface area contributed by atoms with Gasteiger partial charge in [-0.2, -0.15) is 0 Å². The molecule has 0 unspecified atom stereocenters. The molecular formula is C12H14ClN3S. The Kier molecular flexibility index (Phi) is 3.97. The van der Waals surface area contributed by atoms with Gasteiger partial charge in [-0.1, -0.05) is 11.6 Å². The van der Waals surface area contributed by atoms with Crippen LogP contribution in [0.2, 0.25) is 4.34 Å². The van der Waals surface area contributed by atoms with Crippen LogP contribution in [-0.2, 0) is 6.42 Å². The fourth-order valence-electron chi connectivity index (χ4n) is 1.43. The Hall–Kier alpha value is -1.13. The summed E-state index contributed by atoms with van der Waals surface area (Å²) in [4.78, 5) is 9.95. The SMILES string of the molecule is Cc1ncc(NCCc2ccc(Cl)s2)nc1C. The van der Waals surface area contributed by atoms with Gasteiger partial charge < -0.3 is 5.32 Å². The van der Waals surface area contributed by atoms with Crippen molar-refractivity contribution in [3.63, 3.8) is 0 Å². The van der Waals surface area contributed by atoms with Gasteiger partial charge >= 0.3 is 0 Å². The monoisotopic (exact) mass is 267 g/mol. The summed E-state index contributed by atoms with van der Waals surface area (Å²) in [6.07, 6.45) is 2.72. The van der Waals surface area contributed by atoms with Gasteiger partial charge in [-0.15, -0.1) is 11.3 Å². The van der Waals surface area contributed by atoms with Crippen molar-refractivity contribution in [2.24, 2.45) is 0 Å². The highest BCUT2D eigenvalue weighted by molar-refractivity contribution is 7.16. The number of anilines is 1. The van der Waals surface area contributed by atoms with Crippen LogP contribution >= 0.6 is 22.9 Å². The lowest BCUT2D eigenvalue weighted by atomic mass is 10.3. The lowest BCUT2D eigenvalue weighted by molar-refractivity contribution is 0.989. The number of aryl methyl sites for hydroxylation is 2. The average Bonchev–Trinajstić information content (AvgIpc) is 2.70. The first-order chi connectivity index (χ1) is 8.15. The maximum absolute atomic E-state index is 5.87. The zero-order valence-corrected chi connectivity index (χ0v) is 11.4. The van der Waals surface area contributed by atoms with Crippen molar-refractivity contribution in [1.82, 2.24) is 9.97 Å². The van der Waals surface area contributed by atoms with Gasteiger partial charge in [-0.3, -0.25) is 4.98 Å². The van der Waals surface area contributed by atoms with Crippen molar-refractivity contribution < 1.29 is 0 Å². The van der Waals surface area contributed by atoms with Crippen molar-refractivity contribution in [2.45, 2.75) is 20.3 Å². The third-order valence-electron chi connectivity index (χ3n) is 2.50. The smallest absolute Gasteiger partial charge is 0.144 e. The quantitative estimate of drug-likeness (QED) is 0.922. The van der Waals surface area contributed by atoms with E-state index in [1.165, 1.54) is 4.88 Å². The molecule has 0 aliphatic carbocycles. The van der Waals surface area contributed by atoms with E-state index >= 15 is 0 Å². The molecule has 0 saturated heterocycles. The first kappa shape index (κ1) is 12.3. The van der Waals surface area contributed by atoms with Crippen LogP contribution in [0, 0.1) is 13.8 Å². The van der Waals surface area contributed by atoms with Crippen LogP contribution in [0.15, 0.2) is 18.3 Å². The summed E-state index contributed by atoms with van der Waals surface area (Å²) >= 11 is 7.49. The van der Waals surface area contributed by atoms with Crippen LogP contribution < -0.4 is 5.32 Å². The predicted octanol–water partition coefficient (Wildman–Crippen LogP) is 3.46. The minimum Gasteiger partial charge on any atom is -0.368 e. The Balaban J connectivity index is 1.87. The molecule has 0 fully saturated rings. The molecule has 90 valence electrons. The zero-order valence-electron chi connectivity index (χ0n) is 9.83. The molecule has 2 aromatic heterocycles. The molecule has 17 heavy (non-hydrogen) atoms. The standard InChI is InChI=1S/C12H14ClN3S/c1-8-9(2)16-12(7-15-8)14-6-5-10-3-4-11(13)17-10/h3-4,7H,5-6H2,1-2H3,(H,14,16). The molecule has 0 atom stereocenters. The van der Waals surface area contributed by atoms with E-state index in [0.29, 0.717) is 0 Å². The van der Waals surface area contributed by atoms with E-state index in [-0.39, 0.29) is 0 Å². The molecule has 2 aromatic rings. The Bertz CT molecular complexity index is 510. The largest absolute Gasteiger partial charge is 0.368 e. The average molecular weight is 268 g/mol. The number of nitrogens with one attached hydrogen (secondary N) is 1. The van der Waals surface area contributed by atoms with Crippen molar-refractivity contribution in [1.29, 1.82) is 0 Å². The fraction of sp³-hybridized carbons (Fsp3) is 0.333. The van der Waals surface area contributed by atoms with E-state index in [0.717, 1.165) is 34.5 Å². The van der Waals surface area contributed by atoms with Crippen LogP contribution in [0.3, 0.4) is 0 Å². The van der Waals surface area contributed by atoms with Gasteiger partial charge in [0, 0.05) is 11.4 Å². The maximum Gasteiger partial charge on any atom is 0.144 e. The summed E-state index contributed by atoms with van der Waals surface area (Å²) in [6.45, 7) is 4.76. The van der Waals surface area contributed by atoms with Crippen molar-refractivity contribution >= 4 is 28.8 Å². The number of halogens is 1. The van der Waals surface area contributed by atoms with Gasteiger partial charge in [0.15, 0.2) is 0 Å². The molecule has 5 heteroatoms. The molecule has 0 radical (unpaired) electrons. The van der Waals surface area contributed by atoms with Crippen LogP contribution in [0.5, 0.6) is 0 Å². The van der Waals surface area contributed by atoms with Gasteiger partial charge in [0.05, 0.1) is 21.9 Å². The normalized spacial score (nSPS) is 10.5. The molecule has 0 spiro atoms. The van der Waals surface area contributed by atoms with Gasteiger partial charge in [-0.05, 0) is 32.4 Å². The summed E-state index contributed by atoms with van der Waals surface area (Å²) in [5, 5.41) is 3.26.